The molecule has 0 aliphatic carbocycles. The zero-order valence-electron chi connectivity index (χ0n) is 27.6. The fourth-order valence-electron chi connectivity index (χ4n) is 7.70. The molecule has 3 heterocycles. The second kappa shape index (κ2) is 11.1. The number of benzene rings is 6. The molecule has 4 heteroatoms. The van der Waals surface area contributed by atoms with E-state index in [1.165, 1.54) is 32.7 Å². The average Bonchev–Trinajstić information content (AvgIpc) is 3.63. The molecular formula is C45H32N4. The quantitative estimate of drug-likeness (QED) is 0.195. The number of hydrogen-bond acceptors (Lipinski definition) is 2. The van der Waals surface area contributed by atoms with Gasteiger partial charge < -0.3 is 9.13 Å². The minimum absolute atomic E-state index is 0.654. The minimum Gasteiger partial charge on any atom is -0.307 e. The zero-order valence-corrected chi connectivity index (χ0v) is 27.6. The van der Waals surface area contributed by atoms with E-state index in [0.29, 0.717) is 5.56 Å². The molecule has 0 fully saturated rings. The lowest BCUT2D eigenvalue weighted by Gasteiger charge is -2.24. The van der Waals surface area contributed by atoms with Crippen LogP contribution in [0.4, 0.5) is 0 Å². The molecule has 0 amide bonds. The molecule has 0 atom stereocenters. The summed E-state index contributed by atoms with van der Waals surface area (Å²) in [5, 5.41) is 14.6. The van der Waals surface area contributed by atoms with E-state index in [9.17, 15) is 5.26 Å². The molecule has 0 saturated carbocycles. The van der Waals surface area contributed by atoms with Crippen molar-refractivity contribution in [2.45, 2.75) is 20.8 Å². The zero-order chi connectivity index (χ0) is 33.2. The summed E-state index contributed by atoms with van der Waals surface area (Å²) in [5.74, 6) is 0. The van der Waals surface area contributed by atoms with Crippen molar-refractivity contribution in [1.82, 2.24) is 14.1 Å². The minimum atomic E-state index is 0.654. The average molecular weight is 629 g/mol. The SMILES string of the molecule is Cc1ccc2c(c1)c1ccccc1n2-c1c(-c2ccncc2)ccc(-c2ccc(C#N)cc2C)c1-n1c2ccccc2c2cc(C)ccc21. The van der Waals surface area contributed by atoms with Gasteiger partial charge in [-0.2, -0.15) is 5.26 Å². The van der Waals surface area contributed by atoms with Gasteiger partial charge in [0.2, 0.25) is 0 Å². The van der Waals surface area contributed by atoms with Crippen molar-refractivity contribution in [3.05, 3.63) is 162 Å². The molecule has 0 unspecified atom stereocenters. The Bertz CT molecular complexity index is 2810. The fourth-order valence-corrected chi connectivity index (χ4v) is 7.70. The summed E-state index contributed by atoms with van der Waals surface area (Å²) in [6.07, 6.45) is 3.74. The lowest BCUT2D eigenvalue weighted by molar-refractivity contribution is 1.10. The summed E-state index contributed by atoms with van der Waals surface area (Å²) in [4.78, 5) is 4.39. The van der Waals surface area contributed by atoms with E-state index in [1.807, 2.05) is 24.5 Å². The third kappa shape index (κ3) is 4.40. The second-order valence-electron chi connectivity index (χ2n) is 13.0. The molecule has 0 N–H and O–H groups in total. The standard InChI is InChI=1S/C45H32N4/c1-28-12-18-42-38(24-28)35-8-4-6-10-40(35)48(42)44-34(32-20-22-47-23-21-32)16-17-37(33-15-14-31(27-46)26-30(33)3)45(44)49-41-11-7-5-9-36(41)39-25-29(2)13-19-43(39)49/h4-26H,1-3H3. The van der Waals surface area contributed by atoms with Crippen LogP contribution in [0.15, 0.2) is 140 Å². The molecule has 0 spiro atoms. The van der Waals surface area contributed by atoms with Crippen molar-refractivity contribution >= 4 is 43.6 Å². The fraction of sp³-hybridized carbons (Fsp3) is 0.0667. The van der Waals surface area contributed by atoms with Gasteiger partial charge in [-0.1, -0.05) is 77.9 Å². The Morgan fingerprint density at radius 2 is 1.00 bits per heavy atom. The Labute approximate surface area is 284 Å². The highest BCUT2D eigenvalue weighted by Crippen LogP contribution is 2.46. The van der Waals surface area contributed by atoms with E-state index in [1.54, 1.807) is 0 Å². The molecule has 0 aliphatic rings. The first kappa shape index (κ1) is 28.8. The van der Waals surface area contributed by atoms with Crippen LogP contribution in [-0.4, -0.2) is 14.1 Å². The summed E-state index contributed by atoms with van der Waals surface area (Å²) in [6.45, 7) is 6.43. The molecule has 0 radical (unpaired) electrons. The number of nitrogens with zero attached hydrogens (tertiary/aromatic N) is 4. The van der Waals surface area contributed by atoms with E-state index in [-0.39, 0.29) is 0 Å². The van der Waals surface area contributed by atoms with Crippen LogP contribution in [-0.2, 0) is 0 Å². The Morgan fingerprint density at radius 3 is 1.57 bits per heavy atom. The van der Waals surface area contributed by atoms with Crippen LogP contribution in [0.25, 0.3) is 77.2 Å². The maximum Gasteiger partial charge on any atom is 0.0991 e. The summed E-state index contributed by atoms with van der Waals surface area (Å²) in [5.41, 5.74) is 15.3. The van der Waals surface area contributed by atoms with E-state index < -0.39 is 0 Å². The molecular weight excluding hydrogens is 597 g/mol. The number of rotatable bonds is 4. The van der Waals surface area contributed by atoms with Crippen LogP contribution in [0.3, 0.4) is 0 Å². The number of hydrogen-bond donors (Lipinski definition) is 0. The summed E-state index contributed by atoms with van der Waals surface area (Å²) < 4.78 is 4.93. The molecule has 9 rings (SSSR count). The van der Waals surface area contributed by atoms with Gasteiger partial charge in [0, 0.05) is 45.1 Å². The smallest absolute Gasteiger partial charge is 0.0991 e. The Morgan fingerprint density at radius 1 is 0.490 bits per heavy atom. The van der Waals surface area contributed by atoms with Gasteiger partial charge in [-0.3, -0.25) is 4.98 Å². The maximum absolute atomic E-state index is 9.78. The summed E-state index contributed by atoms with van der Waals surface area (Å²) in [7, 11) is 0. The van der Waals surface area contributed by atoms with Crippen LogP contribution in [0, 0.1) is 32.1 Å². The maximum atomic E-state index is 9.78. The van der Waals surface area contributed by atoms with Crippen LogP contribution < -0.4 is 0 Å². The van der Waals surface area contributed by atoms with Crippen LogP contribution in [0.5, 0.6) is 0 Å². The second-order valence-corrected chi connectivity index (χ2v) is 13.0. The third-order valence-electron chi connectivity index (χ3n) is 9.89. The molecule has 232 valence electrons. The van der Waals surface area contributed by atoms with Gasteiger partial charge in [-0.15, -0.1) is 0 Å². The number of aromatic nitrogens is 3. The molecule has 49 heavy (non-hydrogen) atoms. The topological polar surface area (TPSA) is 46.5 Å². The molecule has 6 aromatic carbocycles. The number of fused-ring (bicyclic) bond motifs is 6. The van der Waals surface area contributed by atoms with Gasteiger partial charge >= 0.3 is 0 Å². The van der Waals surface area contributed by atoms with Gasteiger partial charge in [0.05, 0.1) is 45.1 Å². The van der Waals surface area contributed by atoms with Gasteiger partial charge in [0.1, 0.15) is 0 Å². The molecule has 9 aromatic rings. The molecule has 0 bridgehead atoms. The van der Waals surface area contributed by atoms with Crippen molar-refractivity contribution in [2.75, 3.05) is 0 Å². The highest BCUT2D eigenvalue weighted by molar-refractivity contribution is 6.13. The van der Waals surface area contributed by atoms with E-state index in [2.05, 4.69) is 156 Å². The van der Waals surface area contributed by atoms with Crippen LogP contribution in [0.1, 0.15) is 22.3 Å². The van der Waals surface area contributed by atoms with Gasteiger partial charge in [-0.05, 0) is 98.1 Å². The first-order chi connectivity index (χ1) is 24.0. The predicted molar refractivity (Wildman–Crippen MR) is 203 cm³/mol. The molecule has 3 aromatic heterocycles. The normalized spacial score (nSPS) is 11.6. The highest BCUT2D eigenvalue weighted by Gasteiger charge is 2.26. The third-order valence-corrected chi connectivity index (χ3v) is 9.89. The molecule has 0 saturated heterocycles. The Balaban J connectivity index is 1.57. The number of aryl methyl sites for hydroxylation is 3. The van der Waals surface area contributed by atoms with Crippen molar-refractivity contribution in [2.24, 2.45) is 0 Å². The largest absolute Gasteiger partial charge is 0.307 e. The van der Waals surface area contributed by atoms with Gasteiger partial charge in [0.15, 0.2) is 0 Å². The molecule has 0 aliphatic heterocycles. The van der Waals surface area contributed by atoms with E-state index >= 15 is 0 Å². The van der Waals surface area contributed by atoms with Crippen LogP contribution in [0.2, 0.25) is 0 Å². The van der Waals surface area contributed by atoms with Crippen LogP contribution >= 0.6 is 0 Å². The van der Waals surface area contributed by atoms with Gasteiger partial charge in [0.25, 0.3) is 0 Å². The highest BCUT2D eigenvalue weighted by atomic mass is 15.1. The number of nitriles is 1. The monoisotopic (exact) mass is 628 g/mol. The van der Waals surface area contributed by atoms with Crippen molar-refractivity contribution in [1.29, 1.82) is 5.26 Å². The van der Waals surface area contributed by atoms with Gasteiger partial charge in [-0.25, -0.2) is 0 Å². The van der Waals surface area contributed by atoms with Crippen molar-refractivity contribution < 1.29 is 0 Å². The number of pyridine rings is 1. The first-order valence-corrected chi connectivity index (χ1v) is 16.6. The van der Waals surface area contributed by atoms with E-state index in [4.69, 9.17) is 0 Å². The summed E-state index contributed by atoms with van der Waals surface area (Å²) in [6, 6.07) is 48.1. The Hall–Kier alpha value is -6.44. The summed E-state index contributed by atoms with van der Waals surface area (Å²) >= 11 is 0. The van der Waals surface area contributed by atoms with Crippen molar-refractivity contribution in [3.63, 3.8) is 0 Å². The molecule has 4 nitrogen and oxygen atoms in total. The lowest BCUT2D eigenvalue weighted by Crippen LogP contribution is -2.08. The van der Waals surface area contributed by atoms with Crippen molar-refractivity contribution in [3.8, 4) is 39.7 Å². The predicted octanol–water partition coefficient (Wildman–Crippen LogP) is 11.4. The Kier molecular flexibility index (Phi) is 6.50. The lowest BCUT2D eigenvalue weighted by atomic mass is 9.92. The van der Waals surface area contributed by atoms with E-state index in [0.717, 1.165) is 61.3 Å². The first-order valence-electron chi connectivity index (χ1n) is 16.6. The number of para-hydroxylation sites is 2.